The Labute approximate surface area is 116 Å². The van der Waals surface area contributed by atoms with Gasteiger partial charge in [-0.15, -0.1) is 0 Å². The molecule has 0 N–H and O–H groups in total. The second-order valence-corrected chi connectivity index (χ2v) is 3.37. The van der Waals surface area contributed by atoms with Gasteiger partial charge in [-0.25, -0.2) is 0 Å². The van der Waals surface area contributed by atoms with Gasteiger partial charge in [0, 0.05) is 0 Å². The van der Waals surface area contributed by atoms with Gasteiger partial charge in [0.25, 0.3) is 0 Å². The summed E-state index contributed by atoms with van der Waals surface area (Å²) < 4.78 is 4.66. The zero-order valence-corrected chi connectivity index (χ0v) is 12.0. The molecule has 0 aliphatic rings. The number of ether oxygens (including phenoxy) is 1. The van der Waals surface area contributed by atoms with Gasteiger partial charge in [-0.2, -0.15) is 35.9 Å². The Hall–Kier alpha value is -0.206. The van der Waals surface area contributed by atoms with Crippen molar-refractivity contribution in [3.8, 4) is 0 Å². The molecule has 0 aliphatic carbocycles. The van der Waals surface area contributed by atoms with Gasteiger partial charge in [-0.1, -0.05) is 6.92 Å². The first-order valence-electron chi connectivity index (χ1n) is 4.77. The quantitative estimate of drug-likeness (QED) is 0.624. The van der Waals surface area contributed by atoms with Crippen molar-refractivity contribution >= 4 is 5.97 Å². The number of aryl methyl sites for hydroxylation is 1. The Morgan fingerprint density at radius 2 is 2.07 bits per heavy atom. The molecule has 1 aromatic rings. The molecule has 0 amide bonds. The first-order valence-corrected chi connectivity index (χ1v) is 4.77. The van der Waals surface area contributed by atoms with E-state index in [2.05, 4.69) is 10.8 Å². The average molecular weight is 280 g/mol. The van der Waals surface area contributed by atoms with Crippen LogP contribution in [0.25, 0.3) is 0 Å². The van der Waals surface area contributed by atoms with Gasteiger partial charge >= 0.3 is 38.7 Å². The maximum absolute atomic E-state index is 11.1. The van der Waals surface area contributed by atoms with Gasteiger partial charge in [-0.05, 0) is 12.8 Å². The molecule has 0 spiro atoms. The van der Waals surface area contributed by atoms with E-state index in [1.165, 1.54) is 12.7 Å². The molecular weight excluding hydrogens is 265 g/mol. The van der Waals surface area contributed by atoms with Crippen molar-refractivity contribution in [3.05, 3.63) is 35.9 Å². The Balaban J connectivity index is 0.00000196. The standard InChI is InChI=1S/C12H15O2.Y/c1-10(12(13)14-2)8-9-11-6-4-3-5-7-11;/h4-7,10H,8-9H2,1-2H3;/q-1;+3. The normalized spacial score (nSPS) is 11.3. The fraction of sp³-hybridized carbons (Fsp3) is 0.417. The number of benzene rings is 1. The van der Waals surface area contributed by atoms with E-state index in [1.807, 2.05) is 31.2 Å². The van der Waals surface area contributed by atoms with Crippen molar-refractivity contribution in [1.82, 2.24) is 0 Å². The van der Waals surface area contributed by atoms with Crippen LogP contribution in [0.2, 0.25) is 0 Å². The summed E-state index contributed by atoms with van der Waals surface area (Å²) >= 11 is 0. The smallest absolute Gasteiger partial charge is 0.469 e. The predicted octanol–water partition coefficient (Wildman–Crippen LogP) is 2.23. The SMILES string of the molecule is COC(=O)C(C)CCc1cc[c-]cc1.[Y+3]. The molecule has 0 saturated carbocycles. The van der Waals surface area contributed by atoms with Gasteiger partial charge in [0.2, 0.25) is 0 Å². The zero-order chi connectivity index (χ0) is 10.4. The summed E-state index contributed by atoms with van der Waals surface area (Å²) in [7, 11) is 1.43. The van der Waals surface area contributed by atoms with Crippen LogP contribution in [0.5, 0.6) is 0 Å². The van der Waals surface area contributed by atoms with Crippen LogP contribution in [0.4, 0.5) is 0 Å². The molecule has 0 aliphatic heterocycles. The van der Waals surface area contributed by atoms with Crippen LogP contribution in [0.15, 0.2) is 24.3 Å². The van der Waals surface area contributed by atoms with E-state index >= 15 is 0 Å². The van der Waals surface area contributed by atoms with E-state index in [0.717, 1.165) is 12.8 Å². The number of carbonyl (C=O) groups excluding carboxylic acids is 1. The van der Waals surface area contributed by atoms with E-state index in [4.69, 9.17) is 0 Å². The Morgan fingerprint density at radius 1 is 1.47 bits per heavy atom. The molecule has 76 valence electrons. The number of hydrogen-bond donors (Lipinski definition) is 0. The second-order valence-electron chi connectivity index (χ2n) is 3.37. The molecule has 1 atom stereocenters. The summed E-state index contributed by atoms with van der Waals surface area (Å²) in [6.45, 7) is 1.89. The van der Waals surface area contributed by atoms with Crippen molar-refractivity contribution in [2.45, 2.75) is 19.8 Å². The maximum Gasteiger partial charge on any atom is 3.00 e. The van der Waals surface area contributed by atoms with E-state index in [-0.39, 0.29) is 44.6 Å². The van der Waals surface area contributed by atoms with E-state index in [1.54, 1.807) is 0 Å². The summed E-state index contributed by atoms with van der Waals surface area (Å²) in [6.07, 6.45) is 1.74. The summed E-state index contributed by atoms with van der Waals surface area (Å²) in [5.74, 6) is -0.156. The summed E-state index contributed by atoms with van der Waals surface area (Å²) in [5, 5.41) is 0. The van der Waals surface area contributed by atoms with Crippen molar-refractivity contribution < 1.29 is 42.2 Å². The predicted molar refractivity (Wildman–Crippen MR) is 54.8 cm³/mol. The minimum Gasteiger partial charge on any atom is -0.469 e. The van der Waals surface area contributed by atoms with Crippen molar-refractivity contribution in [2.24, 2.45) is 5.92 Å². The van der Waals surface area contributed by atoms with E-state index < -0.39 is 0 Å². The third kappa shape index (κ3) is 5.43. The largest absolute Gasteiger partial charge is 3.00 e. The van der Waals surface area contributed by atoms with Gasteiger partial charge in [0.05, 0.1) is 13.0 Å². The molecule has 3 heteroatoms. The number of carbonyl (C=O) groups is 1. The number of methoxy groups -OCH3 is 1. The summed E-state index contributed by atoms with van der Waals surface area (Å²) in [6, 6.07) is 10.8. The Kier molecular flexibility index (Phi) is 7.90. The summed E-state index contributed by atoms with van der Waals surface area (Å²) in [4.78, 5) is 11.1. The van der Waals surface area contributed by atoms with Crippen LogP contribution in [0.1, 0.15) is 18.9 Å². The first kappa shape index (κ1) is 14.8. The number of esters is 1. The molecular formula is C12H15O2Y+2. The van der Waals surface area contributed by atoms with Gasteiger partial charge in [-0.3, -0.25) is 4.79 Å². The summed E-state index contributed by atoms with van der Waals surface area (Å²) in [5.41, 5.74) is 1.24. The molecule has 1 unspecified atom stereocenters. The van der Waals surface area contributed by atoms with Crippen LogP contribution in [-0.4, -0.2) is 13.1 Å². The van der Waals surface area contributed by atoms with Gasteiger partial charge in [0.15, 0.2) is 0 Å². The van der Waals surface area contributed by atoms with Gasteiger partial charge < -0.3 is 4.74 Å². The molecule has 2 nitrogen and oxygen atoms in total. The van der Waals surface area contributed by atoms with Crippen LogP contribution in [-0.2, 0) is 48.7 Å². The Bertz CT molecular complexity index is 285. The monoisotopic (exact) mass is 280 g/mol. The average Bonchev–Trinajstić information content (AvgIpc) is 2.26. The van der Waals surface area contributed by atoms with Crippen molar-refractivity contribution in [1.29, 1.82) is 0 Å². The molecule has 0 aromatic heterocycles. The van der Waals surface area contributed by atoms with Crippen LogP contribution >= 0.6 is 0 Å². The molecule has 0 saturated heterocycles. The van der Waals surface area contributed by atoms with Gasteiger partial charge in [0.1, 0.15) is 0 Å². The second kappa shape index (κ2) is 8.01. The van der Waals surface area contributed by atoms with Crippen LogP contribution < -0.4 is 0 Å². The van der Waals surface area contributed by atoms with Crippen molar-refractivity contribution in [3.63, 3.8) is 0 Å². The number of rotatable bonds is 4. The topological polar surface area (TPSA) is 26.3 Å². The van der Waals surface area contributed by atoms with Crippen molar-refractivity contribution in [2.75, 3.05) is 7.11 Å². The zero-order valence-electron chi connectivity index (χ0n) is 9.19. The molecule has 0 fully saturated rings. The third-order valence-corrected chi connectivity index (χ3v) is 2.26. The minimum absolute atomic E-state index is 0. The van der Waals surface area contributed by atoms with Crippen LogP contribution in [0, 0.1) is 12.0 Å². The number of hydrogen-bond acceptors (Lipinski definition) is 2. The molecule has 1 rings (SSSR count). The maximum atomic E-state index is 11.1. The fourth-order valence-electron chi connectivity index (χ4n) is 1.29. The molecule has 0 radical (unpaired) electrons. The van der Waals surface area contributed by atoms with E-state index in [9.17, 15) is 4.79 Å². The minimum atomic E-state index is -0.132. The Morgan fingerprint density at radius 3 is 2.60 bits per heavy atom. The molecule has 0 heterocycles. The first-order chi connectivity index (χ1) is 6.74. The fourth-order valence-corrected chi connectivity index (χ4v) is 1.29. The third-order valence-electron chi connectivity index (χ3n) is 2.26. The van der Waals surface area contributed by atoms with E-state index in [0.29, 0.717) is 0 Å². The molecule has 0 bridgehead atoms. The van der Waals surface area contributed by atoms with Crippen LogP contribution in [0.3, 0.4) is 0 Å². The molecule has 15 heavy (non-hydrogen) atoms. The molecule has 1 aromatic carbocycles.